The third-order valence-electron chi connectivity index (χ3n) is 2.48. The summed E-state index contributed by atoms with van der Waals surface area (Å²) in [5.41, 5.74) is 0.565. The Hall–Kier alpha value is -2.04. The quantitative estimate of drug-likeness (QED) is 0.812. The number of rotatable bonds is 2. The predicted octanol–water partition coefficient (Wildman–Crippen LogP) is 3.78. The highest BCUT2D eigenvalue weighted by Crippen LogP contribution is 2.30. The number of ether oxygens (including phenoxy) is 1. The van der Waals surface area contributed by atoms with Gasteiger partial charge < -0.3 is 4.74 Å². The topological polar surface area (TPSA) is 22.1 Å². The summed E-state index contributed by atoms with van der Waals surface area (Å²) in [4.78, 5) is 4.11. The molecule has 0 unspecified atom stereocenters. The van der Waals surface area contributed by atoms with Crippen molar-refractivity contribution < 1.29 is 17.9 Å². The molecule has 0 aliphatic rings. The van der Waals surface area contributed by atoms with Gasteiger partial charge in [0.2, 0.25) is 0 Å². The Morgan fingerprint density at radius 3 is 2.11 bits per heavy atom. The van der Waals surface area contributed by atoms with E-state index in [0.717, 1.165) is 12.1 Å². The summed E-state index contributed by atoms with van der Waals surface area (Å²) in [5, 5.41) is 0. The number of pyridine rings is 1. The third-order valence-corrected chi connectivity index (χ3v) is 2.48. The maximum absolute atomic E-state index is 12.4. The van der Waals surface area contributed by atoms with Crippen molar-refractivity contribution >= 4 is 0 Å². The first-order valence-electron chi connectivity index (χ1n) is 5.18. The molecule has 5 heteroatoms. The molecule has 0 atom stereocenters. The molecule has 0 N–H and O–H groups in total. The highest BCUT2D eigenvalue weighted by molar-refractivity contribution is 5.59. The van der Waals surface area contributed by atoms with Gasteiger partial charge in [-0.05, 0) is 24.3 Å². The number of methoxy groups -OCH3 is 1. The van der Waals surface area contributed by atoms with Gasteiger partial charge in [-0.25, -0.2) is 0 Å². The number of hydrogen-bond donors (Lipinski definition) is 0. The van der Waals surface area contributed by atoms with Crippen LogP contribution in [0.1, 0.15) is 5.56 Å². The predicted molar refractivity (Wildman–Crippen MR) is 61.2 cm³/mol. The van der Waals surface area contributed by atoms with Gasteiger partial charge in [-0.1, -0.05) is 12.1 Å². The van der Waals surface area contributed by atoms with Gasteiger partial charge in [0, 0.05) is 5.56 Å². The van der Waals surface area contributed by atoms with Crippen molar-refractivity contribution in [2.75, 3.05) is 7.11 Å². The molecular formula is C13H10F3NO. The minimum Gasteiger partial charge on any atom is -0.495 e. The van der Waals surface area contributed by atoms with Crippen LogP contribution in [0.5, 0.6) is 5.75 Å². The fourth-order valence-electron chi connectivity index (χ4n) is 1.50. The molecule has 0 aliphatic heterocycles. The first kappa shape index (κ1) is 12.4. The van der Waals surface area contributed by atoms with Crippen molar-refractivity contribution in [1.29, 1.82) is 0 Å². The SMILES string of the molecule is COc1ccc(-c2ccc(C(F)(F)F)cc2)nc1. The smallest absolute Gasteiger partial charge is 0.416 e. The molecular weight excluding hydrogens is 243 g/mol. The van der Waals surface area contributed by atoms with Crippen LogP contribution in [0.4, 0.5) is 13.2 Å². The second-order valence-electron chi connectivity index (χ2n) is 3.66. The molecule has 0 aliphatic carbocycles. The van der Waals surface area contributed by atoms with Crippen LogP contribution in [0.2, 0.25) is 0 Å². The summed E-state index contributed by atoms with van der Waals surface area (Å²) in [7, 11) is 1.52. The molecule has 2 nitrogen and oxygen atoms in total. The molecule has 18 heavy (non-hydrogen) atoms. The van der Waals surface area contributed by atoms with Gasteiger partial charge in [-0.15, -0.1) is 0 Å². The molecule has 0 saturated heterocycles. The average molecular weight is 253 g/mol. The second kappa shape index (κ2) is 4.68. The van der Waals surface area contributed by atoms with E-state index in [1.165, 1.54) is 25.4 Å². The minimum atomic E-state index is -4.31. The van der Waals surface area contributed by atoms with E-state index in [1.54, 1.807) is 12.1 Å². The molecule has 2 aromatic rings. The van der Waals surface area contributed by atoms with Gasteiger partial charge in [0.25, 0.3) is 0 Å². The zero-order valence-corrected chi connectivity index (χ0v) is 9.53. The normalized spacial score (nSPS) is 11.3. The Morgan fingerprint density at radius 2 is 1.67 bits per heavy atom. The van der Waals surface area contributed by atoms with Crippen LogP contribution in [-0.4, -0.2) is 12.1 Å². The highest BCUT2D eigenvalue weighted by atomic mass is 19.4. The van der Waals surface area contributed by atoms with Gasteiger partial charge in [-0.2, -0.15) is 13.2 Å². The summed E-state index contributed by atoms with van der Waals surface area (Å²) < 4.78 is 42.1. The molecule has 1 heterocycles. The van der Waals surface area contributed by atoms with E-state index >= 15 is 0 Å². The summed E-state index contributed by atoms with van der Waals surface area (Å²) in [6, 6.07) is 8.29. The summed E-state index contributed by atoms with van der Waals surface area (Å²) in [6.45, 7) is 0. The summed E-state index contributed by atoms with van der Waals surface area (Å²) in [5.74, 6) is 0.602. The minimum absolute atomic E-state index is 0.601. The van der Waals surface area contributed by atoms with E-state index in [9.17, 15) is 13.2 Å². The lowest BCUT2D eigenvalue weighted by Crippen LogP contribution is -2.04. The second-order valence-corrected chi connectivity index (χ2v) is 3.66. The lowest BCUT2D eigenvalue weighted by atomic mass is 10.1. The van der Waals surface area contributed by atoms with Gasteiger partial charge in [0.1, 0.15) is 5.75 Å². The summed E-state index contributed by atoms with van der Waals surface area (Å²) >= 11 is 0. The number of nitrogens with zero attached hydrogens (tertiary/aromatic N) is 1. The van der Waals surface area contributed by atoms with Crippen LogP contribution < -0.4 is 4.74 Å². The van der Waals surface area contributed by atoms with Gasteiger partial charge >= 0.3 is 6.18 Å². The maximum atomic E-state index is 12.4. The van der Waals surface area contributed by atoms with Crippen LogP contribution in [0.25, 0.3) is 11.3 Å². The molecule has 2 rings (SSSR count). The third kappa shape index (κ3) is 2.61. The number of alkyl halides is 3. The van der Waals surface area contributed by atoms with E-state index in [-0.39, 0.29) is 0 Å². The van der Waals surface area contributed by atoms with Crippen LogP contribution in [-0.2, 0) is 6.18 Å². The average Bonchev–Trinajstić information content (AvgIpc) is 2.38. The van der Waals surface area contributed by atoms with E-state index in [1.807, 2.05) is 0 Å². The molecule has 0 spiro atoms. The van der Waals surface area contributed by atoms with Crippen LogP contribution in [0.15, 0.2) is 42.6 Å². The Kier molecular flexibility index (Phi) is 3.23. The largest absolute Gasteiger partial charge is 0.495 e. The van der Waals surface area contributed by atoms with Crippen molar-refractivity contribution in [3.05, 3.63) is 48.2 Å². The molecule has 0 radical (unpaired) electrons. The lowest BCUT2D eigenvalue weighted by Gasteiger charge is -2.07. The molecule has 0 amide bonds. The van der Waals surface area contributed by atoms with Crippen molar-refractivity contribution in [3.63, 3.8) is 0 Å². The van der Waals surface area contributed by atoms with Crippen molar-refractivity contribution in [1.82, 2.24) is 4.98 Å². The van der Waals surface area contributed by atoms with Crippen LogP contribution in [0.3, 0.4) is 0 Å². The molecule has 1 aromatic heterocycles. The van der Waals surface area contributed by atoms with E-state index < -0.39 is 11.7 Å². The zero-order valence-electron chi connectivity index (χ0n) is 9.53. The van der Waals surface area contributed by atoms with Crippen molar-refractivity contribution in [2.24, 2.45) is 0 Å². The van der Waals surface area contributed by atoms with E-state index in [4.69, 9.17) is 4.74 Å². The fourth-order valence-corrected chi connectivity index (χ4v) is 1.50. The molecule has 1 aromatic carbocycles. The Balaban J connectivity index is 2.28. The maximum Gasteiger partial charge on any atom is 0.416 e. The first-order chi connectivity index (χ1) is 8.50. The Labute approximate surface area is 102 Å². The van der Waals surface area contributed by atoms with Gasteiger partial charge in [-0.3, -0.25) is 4.98 Å². The number of halogens is 3. The van der Waals surface area contributed by atoms with Crippen LogP contribution >= 0.6 is 0 Å². The molecule has 94 valence electrons. The van der Waals surface area contributed by atoms with E-state index in [2.05, 4.69) is 4.98 Å². The molecule has 0 fully saturated rings. The number of aromatic nitrogens is 1. The first-order valence-corrected chi connectivity index (χ1v) is 5.18. The van der Waals surface area contributed by atoms with E-state index in [0.29, 0.717) is 17.0 Å². The standard InChI is InChI=1S/C13H10F3NO/c1-18-11-6-7-12(17-8-11)9-2-4-10(5-3-9)13(14,15)16/h2-8H,1H3. The Bertz CT molecular complexity index is 517. The molecule has 0 bridgehead atoms. The zero-order chi connectivity index (χ0) is 13.2. The van der Waals surface area contributed by atoms with Gasteiger partial charge in [0.05, 0.1) is 24.6 Å². The number of hydrogen-bond acceptors (Lipinski definition) is 2. The lowest BCUT2D eigenvalue weighted by molar-refractivity contribution is -0.137. The summed E-state index contributed by atoms with van der Waals surface area (Å²) in [6.07, 6.45) is -2.79. The van der Waals surface area contributed by atoms with Gasteiger partial charge in [0.15, 0.2) is 0 Å². The fraction of sp³-hybridized carbons (Fsp3) is 0.154. The van der Waals surface area contributed by atoms with Crippen molar-refractivity contribution in [2.45, 2.75) is 6.18 Å². The monoisotopic (exact) mass is 253 g/mol. The van der Waals surface area contributed by atoms with Crippen LogP contribution in [0, 0.1) is 0 Å². The number of benzene rings is 1. The van der Waals surface area contributed by atoms with Crippen molar-refractivity contribution in [3.8, 4) is 17.0 Å². The highest BCUT2D eigenvalue weighted by Gasteiger charge is 2.29. The molecule has 0 saturated carbocycles. The Morgan fingerprint density at radius 1 is 1.00 bits per heavy atom.